The van der Waals surface area contributed by atoms with Gasteiger partial charge in [0.2, 0.25) is 17.9 Å². The predicted octanol–water partition coefficient (Wildman–Crippen LogP) is 0.988. The normalized spacial score (nSPS) is 29.6. The van der Waals surface area contributed by atoms with Crippen molar-refractivity contribution in [3.63, 3.8) is 0 Å². The molecule has 3 heterocycles. The molecule has 4 aliphatic rings. The molecule has 27 heavy (non-hydrogen) atoms. The number of nitrogens with zero attached hydrogens (tertiary/aromatic N) is 2. The van der Waals surface area contributed by atoms with Crippen LogP contribution in [-0.4, -0.2) is 59.4 Å². The molecular weight excluding hydrogens is 348 g/mol. The molecule has 3 atom stereocenters. The number of imide groups is 1. The zero-order valence-corrected chi connectivity index (χ0v) is 14.7. The van der Waals surface area contributed by atoms with E-state index in [2.05, 4.69) is 0 Å². The summed E-state index contributed by atoms with van der Waals surface area (Å²) in [6.45, 7) is 0.893. The number of hydrogen-bond donors (Lipinski definition) is 0. The minimum absolute atomic E-state index is 0.0855. The molecule has 2 saturated heterocycles. The smallest absolute Gasteiger partial charge is 0.267 e. The molecule has 0 bridgehead atoms. The highest BCUT2D eigenvalue weighted by molar-refractivity contribution is 6.06. The zero-order chi connectivity index (χ0) is 18.5. The van der Waals surface area contributed by atoms with Gasteiger partial charge >= 0.3 is 0 Å². The third-order valence-corrected chi connectivity index (χ3v) is 5.86. The van der Waals surface area contributed by atoms with Crippen LogP contribution in [0.3, 0.4) is 0 Å². The summed E-state index contributed by atoms with van der Waals surface area (Å²) in [7, 11) is 0. The van der Waals surface area contributed by atoms with E-state index in [1.807, 2.05) is 24.3 Å². The molecule has 0 radical (unpaired) electrons. The summed E-state index contributed by atoms with van der Waals surface area (Å²) >= 11 is 0. The minimum atomic E-state index is -0.697. The number of fused-ring (bicyclic) bond motifs is 2. The van der Waals surface area contributed by atoms with Gasteiger partial charge in [0, 0.05) is 13.1 Å². The Hall–Kier alpha value is -2.83. The highest BCUT2D eigenvalue weighted by Crippen LogP contribution is 2.38. The maximum atomic E-state index is 12.7. The zero-order valence-electron chi connectivity index (χ0n) is 14.7. The average Bonchev–Trinajstić information content (AvgIpc) is 2.92. The summed E-state index contributed by atoms with van der Waals surface area (Å²) in [5.41, 5.74) is 0. The second kappa shape index (κ2) is 6.11. The van der Waals surface area contributed by atoms with Gasteiger partial charge < -0.3 is 14.4 Å². The molecule has 3 aliphatic heterocycles. The first-order valence-electron chi connectivity index (χ1n) is 9.32. The van der Waals surface area contributed by atoms with Crippen LogP contribution in [0.5, 0.6) is 11.5 Å². The number of ether oxygens (including phenoxy) is 2. The Morgan fingerprint density at radius 1 is 0.963 bits per heavy atom. The van der Waals surface area contributed by atoms with E-state index >= 15 is 0 Å². The quantitative estimate of drug-likeness (QED) is 0.575. The molecule has 1 aromatic carbocycles. The maximum Gasteiger partial charge on any atom is 0.267 e. The molecule has 7 nitrogen and oxygen atoms in total. The van der Waals surface area contributed by atoms with Crippen LogP contribution in [0.2, 0.25) is 0 Å². The fourth-order valence-electron chi connectivity index (χ4n) is 4.33. The summed E-state index contributed by atoms with van der Waals surface area (Å²) in [6.07, 6.45) is 4.52. The Morgan fingerprint density at radius 3 is 2.26 bits per heavy atom. The Balaban J connectivity index is 1.22. The van der Waals surface area contributed by atoms with E-state index in [1.165, 1.54) is 4.90 Å². The van der Waals surface area contributed by atoms with Gasteiger partial charge in [0.05, 0.1) is 17.9 Å². The summed E-state index contributed by atoms with van der Waals surface area (Å²) in [5.74, 6) is 0.403. The molecule has 1 aromatic rings. The molecule has 0 N–H and O–H groups in total. The van der Waals surface area contributed by atoms with E-state index in [4.69, 9.17) is 9.47 Å². The Kier molecular flexibility index (Phi) is 3.70. The van der Waals surface area contributed by atoms with Crippen molar-refractivity contribution in [1.29, 1.82) is 0 Å². The highest BCUT2D eigenvalue weighted by atomic mass is 16.6. The highest BCUT2D eigenvalue weighted by Gasteiger charge is 2.53. The average molecular weight is 368 g/mol. The standard InChI is InChI=1S/C20H20N2O5/c23-18-13-5-1-2-6-14(13)19(24)22(18)12-9-21(10-12)20(25)17-11-26-15-7-3-4-8-16(15)27-17/h1-4,7-8,12-14,17H,5-6,9-11H2. The Labute approximate surface area is 156 Å². The van der Waals surface area contributed by atoms with Gasteiger partial charge in [0.25, 0.3) is 5.91 Å². The number of allylic oxidation sites excluding steroid dienone is 2. The van der Waals surface area contributed by atoms with Crippen LogP contribution in [0, 0.1) is 11.8 Å². The summed E-state index contributed by atoms with van der Waals surface area (Å²) in [6, 6.07) is 7.02. The number of carbonyl (C=O) groups is 3. The third-order valence-electron chi connectivity index (χ3n) is 5.86. The Morgan fingerprint density at radius 2 is 1.59 bits per heavy atom. The first-order valence-corrected chi connectivity index (χ1v) is 9.32. The number of carbonyl (C=O) groups excluding carboxylic acids is 3. The fraction of sp³-hybridized carbons (Fsp3) is 0.450. The number of rotatable bonds is 2. The molecule has 2 fully saturated rings. The molecule has 7 heteroatoms. The van der Waals surface area contributed by atoms with Gasteiger partial charge in [0.1, 0.15) is 6.61 Å². The van der Waals surface area contributed by atoms with Crippen LogP contribution < -0.4 is 9.47 Å². The van der Waals surface area contributed by atoms with Gasteiger partial charge in [0.15, 0.2) is 11.5 Å². The van der Waals surface area contributed by atoms with Crippen molar-refractivity contribution < 1.29 is 23.9 Å². The van der Waals surface area contributed by atoms with E-state index in [0.29, 0.717) is 37.4 Å². The summed E-state index contributed by atoms with van der Waals surface area (Å²) in [5, 5.41) is 0. The number of hydrogen-bond acceptors (Lipinski definition) is 5. The molecule has 1 aliphatic carbocycles. The summed E-state index contributed by atoms with van der Waals surface area (Å²) < 4.78 is 11.4. The van der Waals surface area contributed by atoms with Crippen LogP contribution in [-0.2, 0) is 14.4 Å². The lowest BCUT2D eigenvalue weighted by atomic mass is 9.85. The second-order valence-electron chi connectivity index (χ2n) is 7.46. The van der Waals surface area contributed by atoms with Crippen molar-refractivity contribution in [3.8, 4) is 11.5 Å². The van der Waals surface area contributed by atoms with Crippen molar-refractivity contribution in [2.75, 3.05) is 19.7 Å². The summed E-state index contributed by atoms with van der Waals surface area (Å²) in [4.78, 5) is 41.0. The van der Waals surface area contributed by atoms with Crippen LogP contribution in [0.25, 0.3) is 0 Å². The topological polar surface area (TPSA) is 76.2 Å². The molecule has 3 amide bonds. The van der Waals surface area contributed by atoms with Gasteiger partial charge in [-0.15, -0.1) is 0 Å². The maximum absolute atomic E-state index is 12.7. The third kappa shape index (κ3) is 2.52. The lowest BCUT2D eigenvalue weighted by Gasteiger charge is -2.44. The van der Waals surface area contributed by atoms with E-state index in [9.17, 15) is 14.4 Å². The lowest BCUT2D eigenvalue weighted by Crippen LogP contribution is -2.65. The first-order chi connectivity index (χ1) is 13.1. The number of benzene rings is 1. The SMILES string of the molecule is O=C(C1COc2ccccc2O1)N1CC(N2C(=O)C3CC=CCC3C2=O)C1. The van der Waals surface area contributed by atoms with Gasteiger partial charge in [-0.2, -0.15) is 0 Å². The predicted molar refractivity (Wildman–Crippen MR) is 93.9 cm³/mol. The molecule has 0 saturated carbocycles. The molecule has 3 unspecified atom stereocenters. The number of para-hydroxylation sites is 2. The molecule has 0 spiro atoms. The molecule has 5 rings (SSSR count). The van der Waals surface area contributed by atoms with Gasteiger partial charge in [-0.25, -0.2) is 0 Å². The second-order valence-corrected chi connectivity index (χ2v) is 7.46. The minimum Gasteiger partial charge on any atom is -0.485 e. The monoisotopic (exact) mass is 368 g/mol. The number of likely N-dealkylation sites (tertiary alicyclic amines) is 2. The van der Waals surface area contributed by atoms with Crippen molar-refractivity contribution in [1.82, 2.24) is 9.80 Å². The first kappa shape index (κ1) is 16.4. The lowest BCUT2D eigenvalue weighted by molar-refractivity contribution is -0.157. The van der Waals surface area contributed by atoms with Crippen LogP contribution in [0.1, 0.15) is 12.8 Å². The Bertz CT molecular complexity index is 819. The van der Waals surface area contributed by atoms with Crippen molar-refractivity contribution in [2.45, 2.75) is 25.0 Å². The largest absolute Gasteiger partial charge is 0.485 e. The van der Waals surface area contributed by atoms with Gasteiger partial charge in [-0.05, 0) is 25.0 Å². The van der Waals surface area contributed by atoms with Crippen LogP contribution >= 0.6 is 0 Å². The van der Waals surface area contributed by atoms with Crippen LogP contribution in [0.15, 0.2) is 36.4 Å². The van der Waals surface area contributed by atoms with E-state index in [1.54, 1.807) is 17.0 Å². The van der Waals surface area contributed by atoms with E-state index in [0.717, 1.165) is 0 Å². The molecular formula is C20H20N2O5. The van der Waals surface area contributed by atoms with E-state index < -0.39 is 6.10 Å². The van der Waals surface area contributed by atoms with Crippen molar-refractivity contribution >= 4 is 17.7 Å². The van der Waals surface area contributed by atoms with Gasteiger partial charge in [-0.3, -0.25) is 19.3 Å². The molecule has 140 valence electrons. The number of amides is 3. The van der Waals surface area contributed by atoms with Crippen LogP contribution in [0.4, 0.5) is 0 Å². The van der Waals surface area contributed by atoms with Crippen molar-refractivity contribution in [2.24, 2.45) is 11.8 Å². The van der Waals surface area contributed by atoms with Crippen molar-refractivity contribution in [3.05, 3.63) is 36.4 Å². The molecule has 0 aromatic heterocycles. The van der Waals surface area contributed by atoms with E-state index in [-0.39, 0.29) is 42.2 Å². The fourth-order valence-corrected chi connectivity index (χ4v) is 4.33. The van der Waals surface area contributed by atoms with Gasteiger partial charge in [-0.1, -0.05) is 24.3 Å².